The van der Waals surface area contributed by atoms with E-state index in [4.69, 9.17) is 0 Å². The molecule has 2 N–H and O–H groups in total. The van der Waals surface area contributed by atoms with E-state index in [9.17, 15) is 4.79 Å². The summed E-state index contributed by atoms with van der Waals surface area (Å²) < 4.78 is 0. The zero-order chi connectivity index (χ0) is 17.2. The maximum absolute atomic E-state index is 12.4. The van der Waals surface area contributed by atoms with Gasteiger partial charge in [-0.15, -0.1) is 0 Å². The van der Waals surface area contributed by atoms with Gasteiger partial charge in [-0.05, 0) is 37.1 Å². The van der Waals surface area contributed by atoms with Crippen molar-refractivity contribution < 1.29 is 4.79 Å². The second-order valence-corrected chi connectivity index (χ2v) is 6.47. The minimum Gasteiger partial charge on any atom is -0.361 e. The maximum atomic E-state index is 12.4. The highest BCUT2D eigenvalue weighted by molar-refractivity contribution is 5.94. The molecule has 0 radical (unpaired) electrons. The van der Waals surface area contributed by atoms with E-state index < -0.39 is 0 Å². The average Bonchev–Trinajstić information content (AvgIpc) is 3.08. The standard InChI is InChI=1S/C21H21N3O/c1-15-6-8-17(9-7-15)23-21(25)24-12-10-16(11-13-24)19-14-22-20-5-3-2-4-18(19)20/h2-10,14,22H,11-13H2,1H3,(H,23,25). The number of fused-ring (bicyclic) bond motifs is 1. The van der Waals surface area contributed by atoms with Gasteiger partial charge in [0.1, 0.15) is 0 Å². The fraction of sp³-hybridized carbons (Fsp3) is 0.190. The molecule has 2 amide bonds. The van der Waals surface area contributed by atoms with Gasteiger partial charge in [0, 0.05) is 41.4 Å². The Balaban J connectivity index is 1.46. The Morgan fingerprint density at radius 1 is 1.12 bits per heavy atom. The summed E-state index contributed by atoms with van der Waals surface area (Å²) in [6.07, 6.45) is 5.09. The van der Waals surface area contributed by atoms with Gasteiger partial charge in [-0.2, -0.15) is 0 Å². The third kappa shape index (κ3) is 3.15. The molecular weight excluding hydrogens is 310 g/mol. The van der Waals surface area contributed by atoms with Gasteiger partial charge in [0.25, 0.3) is 0 Å². The number of H-pyrrole nitrogens is 1. The van der Waals surface area contributed by atoms with Crippen molar-refractivity contribution in [1.82, 2.24) is 9.88 Å². The predicted molar refractivity (Wildman–Crippen MR) is 103 cm³/mol. The van der Waals surface area contributed by atoms with Crippen molar-refractivity contribution >= 4 is 28.2 Å². The molecule has 25 heavy (non-hydrogen) atoms. The Morgan fingerprint density at radius 3 is 2.68 bits per heavy atom. The Hall–Kier alpha value is -3.01. The molecule has 3 aromatic rings. The van der Waals surface area contributed by atoms with E-state index in [1.54, 1.807) is 0 Å². The van der Waals surface area contributed by atoms with E-state index in [1.165, 1.54) is 22.1 Å². The minimum absolute atomic E-state index is 0.0434. The summed E-state index contributed by atoms with van der Waals surface area (Å²) >= 11 is 0. The highest BCUT2D eigenvalue weighted by Gasteiger charge is 2.19. The SMILES string of the molecule is Cc1ccc(NC(=O)N2CC=C(c3c[nH]c4ccccc34)CC2)cc1. The maximum Gasteiger partial charge on any atom is 0.322 e. The molecule has 4 heteroatoms. The van der Waals surface area contributed by atoms with Crippen LogP contribution in [-0.2, 0) is 0 Å². The third-order valence-corrected chi connectivity index (χ3v) is 4.73. The monoisotopic (exact) mass is 331 g/mol. The van der Waals surface area contributed by atoms with E-state index in [-0.39, 0.29) is 6.03 Å². The van der Waals surface area contributed by atoms with Gasteiger partial charge in [0.15, 0.2) is 0 Å². The summed E-state index contributed by atoms with van der Waals surface area (Å²) in [5.74, 6) is 0. The first kappa shape index (κ1) is 15.5. The number of rotatable bonds is 2. The molecule has 126 valence electrons. The number of aromatic amines is 1. The van der Waals surface area contributed by atoms with Crippen molar-refractivity contribution in [2.75, 3.05) is 18.4 Å². The lowest BCUT2D eigenvalue weighted by molar-refractivity contribution is 0.217. The van der Waals surface area contributed by atoms with Crippen LogP contribution in [0, 0.1) is 6.92 Å². The Morgan fingerprint density at radius 2 is 1.92 bits per heavy atom. The number of benzene rings is 2. The first-order valence-corrected chi connectivity index (χ1v) is 8.59. The van der Waals surface area contributed by atoms with Crippen LogP contribution in [0.3, 0.4) is 0 Å². The molecule has 0 aliphatic carbocycles. The van der Waals surface area contributed by atoms with Crippen LogP contribution in [0.1, 0.15) is 17.5 Å². The fourth-order valence-electron chi connectivity index (χ4n) is 3.27. The van der Waals surface area contributed by atoms with E-state index in [2.05, 4.69) is 40.8 Å². The average molecular weight is 331 g/mol. The van der Waals surface area contributed by atoms with Crippen molar-refractivity contribution in [1.29, 1.82) is 0 Å². The molecule has 1 aromatic heterocycles. The molecule has 4 nitrogen and oxygen atoms in total. The molecule has 0 fully saturated rings. The number of aryl methyl sites for hydroxylation is 1. The molecule has 0 unspecified atom stereocenters. The summed E-state index contributed by atoms with van der Waals surface area (Å²) in [5, 5.41) is 4.21. The van der Waals surface area contributed by atoms with Gasteiger partial charge in [-0.1, -0.05) is 42.0 Å². The molecule has 1 aliphatic rings. The van der Waals surface area contributed by atoms with Crippen LogP contribution in [0.15, 0.2) is 60.8 Å². The Labute approximate surface area is 147 Å². The number of amides is 2. The zero-order valence-corrected chi connectivity index (χ0v) is 14.3. The summed E-state index contributed by atoms with van der Waals surface area (Å²) in [7, 11) is 0. The van der Waals surface area contributed by atoms with Gasteiger partial charge >= 0.3 is 6.03 Å². The summed E-state index contributed by atoms with van der Waals surface area (Å²) in [6.45, 7) is 3.39. The van der Waals surface area contributed by atoms with Crippen LogP contribution in [0.2, 0.25) is 0 Å². The highest BCUT2D eigenvalue weighted by atomic mass is 16.2. The van der Waals surface area contributed by atoms with Crippen LogP contribution in [-0.4, -0.2) is 29.0 Å². The number of nitrogens with one attached hydrogen (secondary N) is 2. The zero-order valence-electron chi connectivity index (χ0n) is 14.3. The van der Waals surface area contributed by atoms with Crippen molar-refractivity contribution in [2.24, 2.45) is 0 Å². The topological polar surface area (TPSA) is 48.1 Å². The molecule has 4 rings (SSSR count). The van der Waals surface area contributed by atoms with Crippen molar-refractivity contribution in [3.05, 3.63) is 71.9 Å². The summed E-state index contributed by atoms with van der Waals surface area (Å²) in [6, 6.07) is 16.1. The fourth-order valence-corrected chi connectivity index (χ4v) is 3.27. The van der Waals surface area contributed by atoms with Gasteiger partial charge in [0.2, 0.25) is 0 Å². The van der Waals surface area contributed by atoms with E-state index in [0.717, 1.165) is 24.2 Å². The van der Waals surface area contributed by atoms with Crippen molar-refractivity contribution in [3.63, 3.8) is 0 Å². The number of para-hydroxylation sites is 1. The Bertz CT molecular complexity index is 937. The second kappa shape index (κ2) is 6.48. The molecule has 1 aliphatic heterocycles. The first-order valence-electron chi connectivity index (χ1n) is 8.59. The quantitative estimate of drug-likeness (QED) is 0.696. The summed E-state index contributed by atoms with van der Waals surface area (Å²) in [4.78, 5) is 17.6. The van der Waals surface area contributed by atoms with E-state index >= 15 is 0 Å². The molecule has 0 atom stereocenters. The van der Waals surface area contributed by atoms with Crippen LogP contribution in [0.5, 0.6) is 0 Å². The number of hydrogen-bond donors (Lipinski definition) is 2. The molecule has 0 bridgehead atoms. The minimum atomic E-state index is -0.0434. The predicted octanol–water partition coefficient (Wildman–Crippen LogP) is 4.80. The lowest BCUT2D eigenvalue weighted by atomic mass is 9.99. The number of urea groups is 1. The van der Waals surface area contributed by atoms with Crippen LogP contribution in [0.4, 0.5) is 10.5 Å². The Kier molecular flexibility index (Phi) is 4.02. The van der Waals surface area contributed by atoms with E-state index in [1.807, 2.05) is 42.2 Å². The third-order valence-electron chi connectivity index (χ3n) is 4.73. The number of hydrogen-bond acceptors (Lipinski definition) is 1. The lowest BCUT2D eigenvalue weighted by Gasteiger charge is -2.26. The van der Waals surface area contributed by atoms with Crippen LogP contribution >= 0.6 is 0 Å². The van der Waals surface area contributed by atoms with Gasteiger partial charge in [0.05, 0.1) is 0 Å². The van der Waals surface area contributed by atoms with Gasteiger partial charge < -0.3 is 15.2 Å². The molecular formula is C21H21N3O. The molecule has 2 heterocycles. The van der Waals surface area contributed by atoms with E-state index in [0.29, 0.717) is 6.54 Å². The van der Waals surface area contributed by atoms with Crippen molar-refractivity contribution in [3.8, 4) is 0 Å². The number of carbonyl (C=O) groups excluding carboxylic acids is 1. The molecule has 2 aromatic carbocycles. The normalized spacial score (nSPS) is 14.4. The largest absolute Gasteiger partial charge is 0.361 e. The molecule has 0 saturated heterocycles. The van der Waals surface area contributed by atoms with Gasteiger partial charge in [-0.25, -0.2) is 4.79 Å². The smallest absolute Gasteiger partial charge is 0.322 e. The van der Waals surface area contributed by atoms with Crippen molar-refractivity contribution in [2.45, 2.75) is 13.3 Å². The van der Waals surface area contributed by atoms with Crippen LogP contribution in [0.25, 0.3) is 16.5 Å². The second-order valence-electron chi connectivity index (χ2n) is 6.47. The lowest BCUT2D eigenvalue weighted by Crippen LogP contribution is -2.37. The number of carbonyl (C=O) groups is 1. The van der Waals surface area contributed by atoms with Gasteiger partial charge in [-0.3, -0.25) is 0 Å². The number of aromatic nitrogens is 1. The highest BCUT2D eigenvalue weighted by Crippen LogP contribution is 2.29. The summed E-state index contributed by atoms with van der Waals surface area (Å²) in [5.41, 5.74) is 5.72. The molecule has 0 spiro atoms. The number of anilines is 1. The molecule has 0 saturated carbocycles. The number of nitrogens with zero attached hydrogens (tertiary/aromatic N) is 1. The first-order chi connectivity index (χ1) is 12.2. The van der Waals surface area contributed by atoms with Crippen LogP contribution < -0.4 is 5.32 Å².